The molecular weight excluding hydrogens is 330 g/mol. The first-order valence-corrected chi connectivity index (χ1v) is 7.51. The zero-order valence-electron chi connectivity index (χ0n) is 13.8. The van der Waals surface area contributed by atoms with Gasteiger partial charge in [-0.15, -0.1) is 0 Å². The topological polar surface area (TPSA) is 74.3 Å². The fourth-order valence-corrected chi connectivity index (χ4v) is 1.96. The van der Waals surface area contributed by atoms with Crippen LogP contribution in [0.15, 0.2) is 36.7 Å². The van der Waals surface area contributed by atoms with E-state index >= 15 is 0 Å². The van der Waals surface area contributed by atoms with Crippen molar-refractivity contribution in [1.82, 2.24) is 15.2 Å². The Labute approximate surface area is 143 Å². The van der Waals surface area contributed by atoms with Crippen molar-refractivity contribution in [1.29, 1.82) is 0 Å². The second-order valence-electron chi connectivity index (χ2n) is 5.60. The van der Waals surface area contributed by atoms with E-state index in [1.807, 2.05) is 19.0 Å². The highest BCUT2D eigenvalue weighted by Crippen LogP contribution is 2.14. The first-order chi connectivity index (χ1) is 11.9. The van der Waals surface area contributed by atoms with Crippen molar-refractivity contribution in [2.24, 2.45) is 0 Å². The van der Waals surface area contributed by atoms with Crippen LogP contribution in [-0.2, 0) is 0 Å². The zero-order chi connectivity index (χ0) is 18.4. The van der Waals surface area contributed by atoms with E-state index in [0.29, 0.717) is 13.1 Å². The van der Waals surface area contributed by atoms with E-state index in [9.17, 15) is 18.4 Å². The Hall–Kier alpha value is -2.87. The lowest BCUT2D eigenvalue weighted by Crippen LogP contribution is -2.31. The van der Waals surface area contributed by atoms with Gasteiger partial charge in [-0.25, -0.2) is 8.78 Å². The SMILES string of the molecule is CN(C)CCNC(=O)c1cncc(C(=O)Nc2ccc(F)c(F)c2)c1. The highest BCUT2D eigenvalue weighted by atomic mass is 19.2. The van der Waals surface area contributed by atoms with E-state index < -0.39 is 17.5 Å². The predicted octanol–water partition coefficient (Wildman–Crippen LogP) is 1.90. The predicted molar refractivity (Wildman–Crippen MR) is 89.4 cm³/mol. The summed E-state index contributed by atoms with van der Waals surface area (Å²) in [5.41, 5.74) is 0.464. The number of carbonyl (C=O) groups excluding carboxylic acids is 2. The molecule has 2 N–H and O–H groups in total. The minimum atomic E-state index is -1.06. The van der Waals surface area contributed by atoms with Gasteiger partial charge in [0.15, 0.2) is 11.6 Å². The van der Waals surface area contributed by atoms with Crippen LogP contribution < -0.4 is 10.6 Å². The summed E-state index contributed by atoms with van der Waals surface area (Å²) in [5.74, 6) is -3.00. The molecular formula is C17H18F2N4O2. The second-order valence-corrected chi connectivity index (χ2v) is 5.60. The van der Waals surface area contributed by atoms with Crippen LogP contribution in [0, 0.1) is 11.6 Å². The summed E-state index contributed by atoms with van der Waals surface area (Å²) < 4.78 is 26.1. The number of aromatic nitrogens is 1. The molecule has 8 heteroatoms. The van der Waals surface area contributed by atoms with Gasteiger partial charge >= 0.3 is 0 Å². The number of pyridine rings is 1. The smallest absolute Gasteiger partial charge is 0.257 e. The van der Waals surface area contributed by atoms with Crippen LogP contribution in [0.1, 0.15) is 20.7 Å². The maximum Gasteiger partial charge on any atom is 0.257 e. The number of benzene rings is 1. The van der Waals surface area contributed by atoms with E-state index in [2.05, 4.69) is 15.6 Å². The molecule has 2 amide bonds. The number of carbonyl (C=O) groups is 2. The summed E-state index contributed by atoms with van der Waals surface area (Å²) in [7, 11) is 3.77. The van der Waals surface area contributed by atoms with Gasteiger partial charge in [0.25, 0.3) is 11.8 Å². The molecule has 1 heterocycles. The highest BCUT2D eigenvalue weighted by molar-refractivity contribution is 6.05. The molecule has 25 heavy (non-hydrogen) atoms. The number of nitrogens with zero attached hydrogens (tertiary/aromatic N) is 2. The van der Waals surface area contributed by atoms with Gasteiger partial charge in [-0.2, -0.15) is 0 Å². The third-order valence-corrected chi connectivity index (χ3v) is 3.28. The molecule has 0 radical (unpaired) electrons. The molecule has 0 aliphatic rings. The summed E-state index contributed by atoms with van der Waals surface area (Å²) in [4.78, 5) is 30.0. The van der Waals surface area contributed by atoms with Crippen LogP contribution in [0.2, 0.25) is 0 Å². The monoisotopic (exact) mass is 348 g/mol. The van der Waals surface area contributed by atoms with Crippen molar-refractivity contribution >= 4 is 17.5 Å². The van der Waals surface area contributed by atoms with Crippen molar-refractivity contribution in [2.45, 2.75) is 0 Å². The third-order valence-electron chi connectivity index (χ3n) is 3.28. The van der Waals surface area contributed by atoms with Crippen LogP contribution >= 0.6 is 0 Å². The van der Waals surface area contributed by atoms with E-state index in [4.69, 9.17) is 0 Å². The standard InChI is InChI=1S/C17H18F2N4O2/c1-23(2)6-5-21-16(24)11-7-12(10-20-9-11)17(25)22-13-3-4-14(18)15(19)8-13/h3-4,7-10H,5-6H2,1-2H3,(H,21,24)(H,22,25). The number of likely N-dealkylation sites (N-methyl/N-ethyl adjacent to an activating group) is 1. The van der Waals surface area contributed by atoms with E-state index in [0.717, 1.165) is 12.1 Å². The highest BCUT2D eigenvalue weighted by Gasteiger charge is 2.12. The Morgan fingerprint density at radius 2 is 1.72 bits per heavy atom. The summed E-state index contributed by atoms with van der Waals surface area (Å²) in [6, 6.07) is 4.41. The summed E-state index contributed by atoms with van der Waals surface area (Å²) in [6.07, 6.45) is 2.63. The largest absolute Gasteiger partial charge is 0.351 e. The molecule has 0 bridgehead atoms. The Morgan fingerprint density at radius 3 is 2.36 bits per heavy atom. The van der Waals surface area contributed by atoms with E-state index in [1.54, 1.807) is 0 Å². The number of hydrogen-bond acceptors (Lipinski definition) is 4. The number of nitrogens with one attached hydrogen (secondary N) is 2. The van der Waals surface area contributed by atoms with Crippen LogP contribution in [-0.4, -0.2) is 48.9 Å². The third kappa shape index (κ3) is 5.32. The van der Waals surface area contributed by atoms with Crippen LogP contribution in [0.3, 0.4) is 0 Å². The van der Waals surface area contributed by atoms with Gasteiger partial charge in [-0.1, -0.05) is 0 Å². The van der Waals surface area contributed by atoms with Gasteiger partial charge < -0.3 is 15.5 Å². The molecule has 0 aliphatic carbocycles. The first-order valence-electron chi connectivity index (χ1n) is 7.51. The maximum absolute atomic E-state index is 13.2. The molecule has 2 aromatic rings. The lowest BCUT2D eigenvalue weighted by atomic mass is 10.2. The molecule has 2 rings (SSSR count). The normalized spacial score (nSPS) is 10.6. The van der Waals surface area contributed by atoms with Gasteiger partial charge in [0.2, 0.25) is 0 Å². The lowest BCUT2D eigenvalue weighted by molar-refractivity contribution is 0.0950. The maximum atomic E-state index is 13.2. The number of hydrogen-bond donors (Lipinski definition) is 2. The molecule has 1 aromatic carbocycles. The number of rotatable bonds is 6. The summed E-state index contributed by atoms with van der Waals surface area (Å²) in [6.45, 7) is 1.13. The number of halogens is 2. The Kier molecular flexibility index (Phi) is 6.13. The molecule has 0 saturated carbocycles. The van der Waals surface area contributed by atoms with Gasteiger partial charge in [0.1, 0.15) is 0 Å². The Morgan fingerprint density at radius 1 is 1.04 bits per heavy atom. The zero-order valence-corrected chi connectivity index (χ0v) is 13.8. The Bertz CT molecular complexity index is 781. The fourth-order valence-electron chi connectivity index (χ4n) is 1.96. The van der Waals surface area contributed by atoms with Gasteiger partial charge in [-0.05, 0) is 32.3 Å². The number of amides is 2. The molecule has 0 atom stereocenters. The van der Waals surface area contributed by atoms with Crippen molar-refractivity contribution in [3.05, 3.63) is 59.4 Å². The second kappa shape index (κ2) is 8.29. The van der Waals surface area contributed by atoms with E-state index in [1.165, 1.54) is 24.5 Å². The molecule has 0 unspecified atom stereocenters. The van der Waals surface area contributed by atoms with Gasteiger partial charge in [0, 0.05) is 37.2 Å². The fraction of sp³-hybridized carbons (Fsp3) is 0.235. The minimum Gasteiger partial charge on any atom is -0.351 e. The Balaban J connectivity index is 2.05. The van der Waals surface area contributed by atoms with Crippen LogP contribution in [0.4, 0.5) is 14.5 Å². The molecule has 0 aliphatic heterocycles. The van der Waals surface area contributed by atoms with Crippen LogP contribution in [0.25, 0.3) is 0 Å². The van der Waals surface area contributed by atoms with Gasteiger partial charge in [-0.3, -0.25) is 14.6 Å². The summed E-state index contributed by atoms with van der Waals surface area (Å²) >= 11 is 0. The molecule has 0 saturated heterocycles. The van der Waals surface area contributed by atoms with Crippen molar-refractivity contribution in [3.8, 4) is 0 Å². The van der Waals surface area contributed by atoms with Crippen molar-refractivity contribution in [3.63, 3.8) is 0 Å². The van der Waals surface area contributed by atoms with E-state index in [-0.39, 0.29) is 22.7 Å². The molecule has 0 spiro atoms. The van der Waals surface area contributed by atoms with Crippen LogP contribution in [0.5, 0.6) is 0 Å². The minimum absolute atomic E-state index is 0.102. The quantitative estimate of drug-likeness (QED) is 0.836. The van der Waals surface area contributed by atoms with Crippen molar-refractivity contribution < 1.29 is 18.4 Å². The number of anilines is 1. The first kappa shape index (κ1) is 18.5. The lowest BCUT2D eigenvalue weighted by Gasteiger charge is -2.11. The average molecular weight is 348 g/mol. The summed E-state index contributed by atoms with van der Waals surface area (Å²) in [5, 5.41) is 5.14. The molecule has 0 fully saturated rings. The van der Waals surface area contributed by atoms with Crippen molar-refractivity contribution in [2.75, 3.05) is 32.5 Å². The molecule has 6 nitrogen and oxygen atoms in total. The average Bonchev–Trinajstić information content (AvgIpc) is 2.58. The molecule has 132 valence electrons. The van der Waals surface area contributed by atoms with Gasteiger partial charge in [0.05, 0.1) is 11.1 Å². The molecule has 1 aromatic heterocycles.